The van der Waals surface area contributed by atoms with Gasteiger partial charge in [0.1, 0.15) is 6.04 Å². The van der Waals surface area contributed by atoms with Crippen molar-refractivity contribution in [2.24, 2.45) is 11.7 Å². The zero-order valence-corrected chi connectivity index (χ0v) is 11.8. The molecule has 112 valence electrons. The number of piperidine rings is 1. The predicted octanol–water partition coefficient (Wildman–Crippen LogP) is 1.11. The summed E-state index contributed by atoms with van der Waals surface area (Å²) in [6.07, 6.45) is 1.55. The summed E-state index contributed by atoms with van der Waals surface area (Å²) in [4.78, 5) is 36.5. The van der Waals surface area contributed by atoms with Crippen molar-refractivity contribution < 1.29 is 19.5 Å². The number of amides is 2. The fourth-order valence-electron chi connectivity index (χ4n) is 2.76. The highest BCUT2D eigenvalue weighted by Gasteiger charge is 2.37. The maximum absolute atomic E-state index is 12.5. The molecule has 2 atom stereocenters. The lowest BCUT2D eigenvalue weighted by Crippen LogP contribution is -2.51. The van der Waals surface area contributed by atoms with Crippen LogP contribution in [0.1, 0.15) is 40.5 Å². The number of carbonyl (C=O) groups is 3. The third kappa shape index (κ3) is 3.04. The van der Waals surface area contributed by atoms with Gasteiger partial charge < -0.3 is 15.7 Å². The molecular weight excluding hydrogens is 272 g/mol. The predicted molar refractivity (Wildman–Crippen MR) is 75.8 cm³/mol. The largest absolute Gasteiger partial charge is 0.480 e. The minimum absolute atomic E-state index is 0.0977. The van der Waals surface area contributed by atoms with Gasteiger partial charge in [-0.2, -0.15) is 0 Å². The zero-order chi connectivity index (χ0) is 15.6. The Bertz CT molecular complexity index is 585. The molecule has 2 unspecified atom stereocenters. The number of benzene rings is 1. The summed E-state index contributed by atoms with van der Waals surface area (Å²) < 4.78 is 0. The second kappa shape index (κ2) is 5.95. The van der Waals surface area contributed by atoms with Gasteiger partial charge in [0.25, 0.3) is 5.91 Å². The number of hydrogen-bond donors (Lipinski definition) is 2. The molecule has 0 spiro atoms. The summed E-state index contributed by atoms with van der Waals surface area (Å²) in [7, 11) is 0. The van der Waals surface area contributed by atoms with Crippen LogP contribution in [0.15, 0.2) is 24.3 Å². The topological polar surface area (TPSA) is 101 Å². The summed E-state index contributed by atoms with van der Waals surface area (Å²) in [5.41, 5.74) is 5.72. The molecule has 6 heteroatoms. The Morgan fingerprint density at radius 1 is 1.29 bits per heavy atom. The molecule has 0 aromatic heterocycles. The van der Waals surface area contributed by atoms with Crippen LogP contribution in [0.4, 0.5) is 0 Å². The number of likely N-dealkylation sites (tertiary alicyclic amines) is 1. The van der Waals surface area contributed by atoms with E-state index < -0.39 is 17.9 Å². The maximum atomic E-state index is 12.5. The second-order valence-electron chi connectivity index (χ2n) is 5.35. The van der Waals surface area contributed by atoms with Crippen LogP contribution in [-0.2, 0) is 4.79 Å². The number of carbonyl (C=O) groups excluding carboxylic acids is 2. The Balaban J connectivity index is 2.31. The number of hydrogen-bond acceptors (Lipinski definition) is 3. The van der Waals surface area contributed by atoms with E-state index in [1.54, 1.807) is 12.1 Å². The van der Waals surface area contributed by atoms with Crippen LogP contribution in [0, 0.1) is 5.92 Å². The first-order valence-corrected chi connectivity index (χ1v) is 6.85. The van der Waals surface area contributed by atoms with Crippen molar-refractivity contribution in [1.82, 2.24) is 4.90 Å². The SMILES string of the molecule is CC1CCCN(C(=O)c2cccc(C(N)=O)c2)C1C(=O)O. The normalized spacial score (nSPS) is 21.9. The highest BCUT2D eigenvalue weighted by molar-refractivity contribution is 6.00. The van der Waals surface area contributed by atoms with Crippen LogP contribution < -0.4 is 5.73 Å². The number of primary amides is 1. The Morgan fingerprint density at radius 3 is 2.57 bits per heavy atom. The first-order valence-electron chi connectivity index (χ1n) is 6.85. The van der Waals surface area contributed by atoms with Crippen LogP contribution in [0.2, 0.25) is 0 Å². The summed E-state index contributed by atoms with van der Waals surface area (Å²) in [5, 5.41) is 9.35. The smallest absolute Gasteiger partial charge is 0.326 e. The minimum Gasteiger partial charge on any atom is -0.480 e. The summed E-state index contributed by atoms with van der Waals surface area (Å²) in [6, 6.07) is 5.22. The maximum Gasteiger partial charge on any atom is 0.326 e. The van der Waals surface area contributed by atoms with Gasteiger partial charge in [0.15, 0.2) is 0 Å². The van der Waals surface area contributed by atoms with Gasteiger partial charge in [-0.3, -0.25) is 9.59 Å². The van der Waals surface area contributed by atoms with Crippen molar-refractivity contribution >= 4 is 17.8 Å². The standard InChI is InChI=1S/C15H18N2O4/c1-9-4-3-7-17(12(9)15(20)21)14(19)11-6-2-5-10(8-11)13(16)18/h2,5-6,8-9,12H,3-4,7H2,1H3,(H2,16,18)(H,20,21). The van der Waals surface area contributed by atoms with E-state index in [9.17, 15) is 19.5 Å². The molecule has 1 aromatic carbocycles. The van der Waals surface area contributed by atoms with E-state index in [1.165, 1.54) is 17.0 Å². The summed E-state index contributed by atoms with van der Waals surface area (Å²) in [6.45, 7) is 2.24. The molecule has 2 rings (SSSR count). The van der Waals surface area contributed by atoms with Crippen LogP contribution in [0.3, 0.4) is 0 Å². The first kappa shape index (κ1) is 15.0. The average molecular weight is 290 g/mol. The van der Waals surface area contributed by atoms with Crippen LogP contribution in [0.5, 0.6) is 0 Å². The molecule has 0 saturated carbocycles. The highest BCUT2D eigenvalue weighted by Crippen LogP contribution is 2.25. The Hall–Kier alpha value is -2.37. The van der Waals surface area contributed by atoms with E-state index in [4.69, 9.17) is 5.73 Å². The Labute approximate surface area is 122 Å². The second-order valence-corrected chi connectivity index (χ2v) is 5.35. The molecule has 1 fully saturated rings. The molecule has 3 N–H and O–H groups in total. The van der Waals surface area contributed by atoms with E-state index in [2.05, 4.69) is 0 Å². The van der Waals surface area contributed by atoms with Crippen molar-refractivity contribution in [1.29, 1.82) is 0 Å². The zero-order valence-electron chi connectivity index (χ0n) is 11.8. The summed E-state index contributed by atoms with van der Waals surface area (Å²) in [5.74, 6) is -2.09. The third-order valence-electron chi connectivity index (χ3n) is 3.84. The molecule has 2 amide bonds. The van der Waals surface area contributed by atoms with Crippen LogP contribution >= 0.6 is 0 Å². The number of carboxylic acids is 1. The van der Waals surface area contributed by atoms with Crippen molar-refractivity contribution in [2.75, 3.05) is 6.54 Å². The molecule has 21 heavy (non-hydrogen) atoms. The minimum atomic E-state index is -0.999. The van der Waals surface area contributed by atoms with Gasteiger partial charge in [0.05, 0.1) is 0 Å². The van der Waals surface area contributed by atoms with Gasteiger partial charge in [0, 0.05) is 17.7 Å². The van der Waals surface area contributed by atoms with E-state index in [1.807, 2.05) is 6.92 Å². The van der Waals surface area contributed by atoms with Crippen molar-refractivity contribution in [3.63, 3.8) is 0 Å². The fourth-order valence-corrected chi connectivity index (χ4v) is 2.76. The molecular formula is C15H18N2O4. The van der Waals surface area contributed by atoms with Crippen molar-refractivity contribution in [3.05, 3.63) is 35.4 Å². The molecule has 6 nitrogen and oxygen atoms in total. The number of nitrogens with two attached hydrogens (primary N) is 1. The lowest BCUT2D eigenvalue weighted by Gasteiger charge is -2.37. The molecule has 0 radical (unpaired) electrons. The molecule has 1 saturated heterocycles. The third-order valence-corrected chi connectivity index (χ3v) is 3.84. The average Bonchev–Trinajstić information content (AvgIpc) is 2.45. The molecule has 1 heterocycles. The van der Waals surface area contributed by atoms with Gasteiger partial charge in [-0.05, 0) is 37.0 Å². The fraction of sp³-hybridized carbons (Fsp3) is 0.400. The molecule has 1 aliphatic heterocycles. The van der Waals surface area contributed by atoms with Gasteiger partial charge in [-0.25, -0.2) is 4.79 Å². The Morgan fingerprint density at radius 2 is 1.95 bits per heavy atom. The van der Waals surface area contributed by atoms with Gasteiger partial charge in [-0.1, -0.05) is 13.0 Å². The van der Waals surface area contributed by atoms with E-state index in [0.29, 0.717) is 6.54 Å². The van der Waals surface area contributed by atoms with E-state index >= 15 is 0 Å². The van der Waals surface area contributed by atoms with Crippen LogP contribution in [-0.4, -0.2) is 40.4 Å². The monoisotopic (exact) mass is 290 g/mol. The lowest BCUT2D eigenvalue weighted by molar-refractivity contribution is -0.145. The molecule has 1 aliphatic rings. The molecule has 0 aliphatic carbocycles. The summed E-state index contributed by atoms with van der Waals surface area (Å²) >= 11 is 0. The number of carboxylic acid groups (broad SMARTS) is 1. The van der Waals surface area contributed by atoms with Crippen molar-refractivity contribution in [3.8, 4) is 0 Å². The van der Waals surface area contributed by atoms with Gasteiger partial charge in [-0.15, -0.1) is 0 Å². The van der Waals surface area contributed by atoms with Gasteiger partial charge >= 0.3 is 5.97 Å². The van der Waals surface area contributed by atoms with Gasteiger partial charge in [0.2, 0.25) is 5.91 Å². The number of aliphatic carboxylic acids is 1. The Kier molecular flexibility index (Phi) is 4.26. The van der Waals surface area contributed by atoms with E-state index in [-0.39, 0.29) is 23.0 Å². The van der Waals surface area contributed by atoms with E-state index in [0.717, 1.165) is 12.8 Å². The van der Waals surface area contributed by atoms with Crippen LogP contribution in [0.25, 0.3) is 0 Å². The first-order chi connectivity index (χ1) is 9.91. The van der Waals surface area contributed by atoms with Crippen molar-refractivity contribution in [2.45, 2.75) is 25.8 Å². The lowest BCUT2D eigenvalue weighted by atomic mass is 9.90. The highest BCUT2D eigenvalue weighted by atomic mass is 16.4. The molecule has 0 bridgehead atoms. The number of nitrogens with zero attached hydrogens (tertiary/aromatic N) is 1. The quantitative estimate of drug-likeness (QED) is 0.870. The molecule has 1 aromatic rings. The number of rotatable bonds is 3.